The summed E-state index contributed by atoms with van der Waals surface area (Å²) in [6, 6.07) is 0. The summed E-state index contributed by atoms with van der Waals surface area (Å²) in [7, 11) is 0. The van der Waals surface area contributed by atoms with Gasteiger partial charge in [0.05, 0.1) is 12.2 Å². The van der Waals surface area contributed by atoms with Crippen molar-refractivity contribution in [2.45, 2.75) is 38.6 Å². The molecular weight excluding hydrogens is 160 g/mol. The summed E-state index contributed by atoms with van der Waals surface area (Å²) in [6.45, 7) is 3.18. The van der Waals surface area contributed by atoms with Crippen LogP contribution in [-0.4, -0.2) is 39.9 Å². The highest BCUT2D eigenvalue weighted by Crippen LogP contribution is 2.10. The van der Waals surface area contributed by atoms with E-state index in [4.69, 9.17) is 5.11 Å². The van der Waals surface area contributed by atoms with Crippen LogP contribution < -0.4 is 0 Å². The van der Waals surface area contributed by atoms with Gasteiger partial charge in [-0.15, -0.1) is 0 Å². The van der Waals surface area contributed by atoms with Gasteiger partial charge in [0.15, 0.2) is 0 Å². The first-order valence-corrected chi connectivity index (χ1v) is 4.04. The molecule has 0 radical (unpaired) electrons. The smallest absolute Gasteiger partial charge is 0.125 e. The Morgan fingerprint density at radius 1 is 1.25 bits per heavy atom. The van der Waals surface area contributed by atoms with Crippen molar-refractivity contribution in [1.82, 2.24) is 0 Å². The van der Waals surface area contributed by atoms with E-state index >= 15 is 0 Å². The molecular formula is C8H16O4. The fourth-order valence-electron chi connectivity index (χ4n) is 0.861. The molecule has 0 saturated carbocycles. The largest absolute Gasteiger partial charge is 0.390 e. The molecule has 3 N–H and O–H groups in total. The summed E-state index contributed by atoms with van der Waals surface area (Å²) in [6.07, 6.45) is -2.49. The zero-order chi connectivity index (χ0) is 9.72. The molecule has 0 aromatic heterocycles. The van der Waals surface area contributed by atoms with Crippen LogP contribution in [0.3, 0.4) is 0 Å². The number of carbonyl (C=O) groups is 1. The molecule has 1 unspecified atom stereocenters. The van der Waals surface area contributed by atoms with Gasteiger partial charge in [-0.1, -0.05) is 13.8 Å². The average Bonchev–Trinajstić information content (AvgIpc) is 2.12. The monoisotopic (exact) mass is 176 g/mol. The van der Waals surface area contributed by atoms with E-state index in [1.165, 1.54) is 6.92 Å². The molecule has 0 aromatic carbocycles. The van der Waals surface area contributed by atoms with E-state index in [1.807, 2.05) is 0 Å². The fraction of sp³-hybridized carbons (Fsp3) is 0.875. The summed E-state index contributed by atoms with van der Waals surface area (Å²) in [5.41, 5.74) is 0. The normalized spacial score (nSPS) is 21.1. The van der Waals surface area contributed by atoms with E-state index in [0.717, 1.165) is 0 Å². The molecule has 0 aromatic rings. The van der Waals surface area contributed by atoms with Crippen molar-refractivity contribution in [3.63, 3.8) is 0 Å². The van der Waals surface area contributed by atoms with Crippen molar-refractivity contribution >= 4 is 6.29 Å². The van der Waals surface area contributed by atoms with Gasteiger partial charge < -0.3 is 20.1 Å². The van der Waals surface area contributed by atoms with Crippen molar-refractivity contribution in [3.05, 3.63) is 0 Å². The van der Waals surface area contributed by atoms with E-state index in [9.17, 15) is 15.0 Å². The van der Waals surface area contributed by atoms with Crippen LogP contribution in [0.25, 0.3) is 0 Å². The number of aliphatic hydroxyl groups excluding tert-OH is 3. The van der Waals surface area contributed by atoms with Crippen molar-refractivity contribution in [2.75, 3.05) is 0 Å². The van der Waals surface area contributed by atoms with Crippen LogP contribution in [0.1, 0.15) is 20.3 Å². The zero-order valence-electron chi connectivity index (χ0n) is 7.34. The summed E-state index contributed by atoms with van der Waals surface area (Å²) in [5.74, 6) is -0.652. The molecule has 0 heterocycles. The minimum Gasteiger partial charge on any atom is -0.390 e. The van der Waals surface area contributed by atoms with Crippen LogP contribution in [0.4, 0.5) is 0 Å². The second-order valence-corrected chi connectivity index (χ2v) is 2.95. The fourth-order valence-corrected chi connectivity index (χ4v) is 0.861. The number of rotatable bonds is 5. The first kappa shape index (κ1) is 11.6. The molecule has 72 valence electrons. The first-order valence-electron chi connectivity index (χ1n) is 4.04. The number of aliphatic hydroxyl groups is 3. The second-order valence-electron chi connectivity index (χ2n) is 2.95. The molecule has 0 bridgehead atoms. The van der Waals surface area contributed by atoms with Crippen LogP contribution in [0, 0.1) is 5.92 Å². The van der Waals surface area contributed by atoms with Crippen LogP contribution in [0.5, 0.6) is 0 Å². The van der Waals surface area contributed by atoms with Gasteiger partial charge in [-0.25, -0.2) is 0 Å². The van der Waals surface area contributed by atoms with Crippen LogP contribution in [0.15, 0.2) is 0 Å². The Bertz CT molecular complexity index is 137. The summed E-state index contributed by atoms with van der Waals surface area (Å²) >= 11 is 0. The highest BCUT2D eigenvalue weighted by Gasteiger charge is 2.27. The molecule has 0 aliphatic carbocycles. The number of hydrogen-bond donors (Lipinski definition) is 3. The van der Waals surface area contributed by atoms with Crippen molar-refractivity contribution in [2.24, 2.45) is 5.92 Å². The minimum atomic E-state index is -1.24. The van der Waals surface area contributed by atoms with Gasteiger partial charge in [0.25, 0.3) is 0 Å². The number of aldehydes is 1. The van der Waals surface area contributed by atoms with Gasteiger partial charge >= 0.3 is 0 Å². The maximum absolute atomic E-state index is 10.2. The van der Waals surface area contributed by atoms with Crippen LogP contribution in [-0.2, 0) is 4.79 Å². The SMILES string of the molecule is CC[C@H](O)[C@H](O)C(O)[C@H](C)C=O. The Hall–Kier alpha value is -0.450. The molecule has 0 rings (SSSR count). The Kier molecular flexibility index (Phi) is 5.04. The number of hydrogen-bond acceptors (Lipinski definition) is 4. The standard InChI is InChI=1S/C8H16O4/c1-3-6(10)8(12)7(11)5(2)4-9/h4-8,10-12H,3H2,1-2H3/t5-,6+,7?,8+/m1/s1. The molecule has 0 amide bonds. The molecule has 4 nitrogen and oxygen atoms in total. The lowest BCUT2D eigenvalue weighted by Gasteiger charge is -2.23. The second kappa shape index (κ2) is 5.24. The molecule has 0 fully saturated rings. The van der Waals surface area contributed by atoms with Gasteiger partial charge in [-0.2, -0.15) is 0 Å². The Balaban J connectivity index is 4.07. The predicted molar refractivity (Wildman–Crippen MR) is 43.5 cm³/mol. The molecule has 12 heavy (non-hydrogen) atoms. The minimum absolute atomic E-state index is 0.351. The maximum Gasteiger partial charge on any atom is 0.125 e. The van der Waals surface area contributed by atoms with E-state index in [-0.39, 0.29) is 0 Å². The van der Waals surface area contributed by atoms with Gasteiger partial charge in [0, 0.05) is 5.92 Å². The maximum atomic E-state index is 10.2. The quantitative estimate of drug-likeness (QED) is 0.485. The molecule has 0 spiro atoms. The van der Waals surface area contributed by atoms with Crippen LogP contribution in [0.2, 0.25) is 0 Å². The van der Waals surface area contributed by atoms with E-state index in [1.54, 1.807) is 6.92 Å². The van der Waals surface area contributed by atoms with Crippen molar-refractivity contribution < 1.29 is 20.1 Å². The first-order chi connectivity index (χ1) is 5.54. The lowest BCUT2D eigenvalue weighted by atomic mass is 9.96. The Morgan fingerprint density at radius 3 is 2.08 bits per heavy atom. The average molecular weight is 176 g/mol. The summed E-state index contributed by atoms with van der Waals surface area (Å²) < 4.78 is 0. The third-order valence-corrected chi connectivity index (χ3v) is 1.92. The highest BCUT2D eigenvalue weighted by atomic mass is 16.4. The van der Waals surface area contributed by atoms with E-state index in [2.05, 4.69) is 0 Å². The molecule has 4 heteroatoms. The van der Waals surface area contributed by atoms with Crippen molar-refractivity contribution in [1.29, 1.82) is 0 Å². The van der Waals surface area contributed by atoms with E-state index < -0.39 is 24.2 Å². The van der Waals surface area contributed by atoms with E-state index in [0.29, 0.717) is 12.7 Å². The highest BCUT2D eigenvalue weighted by molar-refractivity contribution is 5.53. The third kappa shape index (κ3) is 2.89. The van der Waals surface area contributed by atoms with Crippen LogP contribution >= 0.6 is 0 Å². The predicted octanol–water partition coefficient (Wildman–Crippen LogP) is -0.686. The van der Waals surface area contributed by atoms with Gasteiger partial charge in [-0.3, -0.25) is 0 Å². The Labute approximate surface area is 71.8 Å². The number of carbonyl (C=O) groups excluding carboxylic acids is 1. The zero-order valence-corrected chi connectivity index (χ0v) is 7.34. The molecule has 0 saturated heterocycles. The van der Waals surface area contributed by atoms with Crippen molar-refractivity contribution in [3.8, 4) is 0 Å². The molecule has 0 aliphatic rings. The molecule has 0 aliphatic heterocycles. The lowest BCUT2D eigenvalue weighted by Crippen LogP contribution is -2.41. The lowest BCUT2D eigenvalue weighted by molar-refractivity contribution is -0.121. The van der Waals surface area contributed by atoms with Gasteiger partial charge in [0.1, 0.15) is 12.4 Å². The van der Waals surface area contributed by atoms with Gasteiger partial charge in [0.2, 0.25) is 0 Å². The van der Waals surface area contributed by atoms with Gasteiger partial charge in [-0.05, 0) is 6.42 Å². The topological polar surface area (TPSA) is 77.8 Å². The Morgan fingerprint density at radius 2 is 1.75 bits per heavy atom. The summed E-state index contributed by atoms with van der Waals surface area (Å²) in [5, 5.41) is 27.6. The molecule has 4 atom stereocenters. The third-order valence-electron chi connectivity index (χ3n) is 1.92. The summed E-state index contributed by atoms with van der Waals surface area (Å²) in [4.78, 5) is 10.2.